The smallest absolute Gasteiger partial charge is 0.251 e. The molecular formula is C18H22ClF2N3. The van der Waals surface area contributed by atoms with Crippen molar-refractivity contribution in [2.45, 2.75) is 26.3 Å². The molecule has 2 heterocycles. The highest BCUT2D eigenvalue weighted by atomic mass is 35.5. The molecule has 3 nitrogen and oxygen atoms in total. The summed E-state index contributed by atoms with van der Waals surface area (Å²) in [6, 6.07) is 7.98. The van der Waals surface area contributed by atoms with Crippen molar-refractivity contribution in [1.29, 1.82) is 0 Å². The van der Waals surface area contributed by atoms with Gasteiger partial charge in [0.05, 0.1) is 22.8 Å². The first kappa shape index (κ1) is 17.5. The Hall–Kier alpha value is -1.30. The molecule has 1 saturated heterocycles. The molecule has 2 aromatic rings. The number of halogens is 3. The quantitative estimate of drug-likeness (QED) is 0.829. The van der Waals surface area contributed by atoms with Crippen molar-refractivity contribution < 1.29 is 8.78 Å². The van der Waals surface area contributed by atoms with Crippen molar-refractivity contribution in [2.75, 3.05) is 32.7 Å². The highest BCUT2D eigenvalue weighted by Crippen LogP contribution is 2.27. The summed E-state index contributed by atoms with van der Waals surface area (Å²) in [5.74, 6) is 0. The maximum Gasteiger partial charge on any atom is 0.251 e. The van der Waals surface area contributed by atoms with Gasteiger partial charge in [0.25, 0.3) is 6.43 Å². The summed E-state index contributed by atoms with van der Waals surface area (Å²) >= 11 is 6.53. The molecule has 0 radical (unpaired) electrons. The molecule has 0 aliphatic carbocycles. The van der Waals surface area contributed by atoms with Crippen molar-refractivity contribution >= 4 is 22.5 Å². The average molecular weight is 354 g/mol. The Morgan fingerprint density at radius 2 is 1.83 bits per heavy atom. The van der Waals surface area contributed by atoms with Crippen LogP contribution in [0.2, 0.25) is 5.02 Å². The van der Waals surface area contributed by atoms with E-state index >= 15 is 0 Å². The third-order valence-corrected chi connectivity index (χ3v) is 5.10. The summed E-state index contributed by atoms with van der Waals surface area (Å²) < 4.78 is 25.1. The summed E-state index contributed by atoms with van der Waals surface area (Å²) in [4.78, 5) is 8.82. The standard InChI is InChI=1S/C18H22ClF2N3/c1-13-14-5-2-3-6-15(14)22-16(18(13)19)11-23-7-4-8-24(10-9-23)12-17(20)21/h2-3,5-6,17H,4,7-12H2,1H3. The van der Waals surface area contributed by atoms with Crippen LogP contribution < -0.4 is 0 Å². The number of aromatic nitrogens is 1. The SMILES string of the molecule is Cc1c(Cl)c(CN2CCCN(CC(F)F)CC2)nc2ccccc12. The number of alkyl halides is 2. The molecule has 0 unspecified atom stereocenters. The number of hydrogen-bond donors (Lipinski definition) is 0. The number of para-hydroxylation sites is 1. The third-order valence-electron chi connectivity index (χ3n) is 4.60. The van der Waals surface area contributed by atoms with Crippen LogP contribution in [0.3, 0.4) is 0 Å². The minimum Gasteiger partial charge on any atom is -0.296 e. The molecule has 0 spiro atoms. The van der Waals surface area contributed by atoms with Gasteiger partial charge in [-0.15, -0.1) is 0 Å². The van der Waals surface area contributed by atoms with E-state index in [0.717, 1.165) is 48.2 Å². The molecule has 0 N–H and O–H groups in total. The maximum absolute atomic E-state index is 12.6. The summed E-state index contributed by atoms with van der Waals surface area (Å²) in [6.07, 6.45) is -1.38. The number of aryl methyl sites for hydroxylation is 1. The molecular weight excluding hydrogens is 332 g/mol. The van der Waals surface area contributed by atoms with E-state index < -0.39 is 6.43 Å². The fourth-order valence-corrected chi connectivity index (χ4v) is 3.50. The van der Waals surface area contributed by atoms with Gasteiger partial charge >= 0.3 is 0 Å². The fourth-order valence-electron chi connectivity index (χ4n) is 3.29. The second kappa shape index (κ2) is 7.72. The first-order valence-electron chi connectivity index (χ1n) is 8.31. The van der Waals surface area contributed by atoms with Crippen LogP contribution in [0.25, 0.3) is 10.9 Å². The van der Waals surface area contributed by atoms with Gasteiger partial charge in [0.15, 0.2) is 0 Å². The van der Waals surface area contributed by atoms with Gasteiger partial charge in [0.2, 0.25) is 0 Å². The van der Waals surface area contributed by atoms with Gasteiger partial charge in [-0.25, -0.2) is 13.8 Å². The Kier molecular flexibility index (Phi) is 5.64. The van der Waals surface area contributed by atoms with Crippen LogP contribution in [-0.2, 0) is 6.54 Å². The molecule has 0 saturated carbocycles. The van der Waals surface area contributed by atoms with Crippen LogP contribution in [0.5, 0.6) is 0 Å². The normalized spacial score (nSPS) is 17.5. The number of benzene rings is 1. The summed E-state index contributed by atoms with van der Waals surface area (Å²) in [5, 5.41) is 1.78. The zero-order chi connectivity index (χ0) is 17.1. The van der Waals surface area contributed by atoms with Gasteiger partial charge in [-0.1, -0.05) is 29.8 Å². The van der Waals surface area contributed by atoms with Crippen molar-refractivity contribution in [3.05, 3.63) is 40.5 Å². The van der Waals surface area contributed by atoms with Gasteiger partial charge in [-0.05, 0) is 38.1 Å². The van der Waals surface area contributed by atoms with Crippen molar-refractivity contribution in [3.63, 3.8) is 0 Å². The molecule has 1 aliphatic rings. The molecule has 130 valence electrons. The number of rotatable bonds is 4. The van der Waals surface area contributed by atoms with E-state index in [2.05, 4.69) is 4.90 Å². The van der Waals surface area contributed by atoms with Crippen LogP contribution in [0, 0.1) is 6.92 Å². The Bertz CT molecular complexity index is 708. The average Bonchev–Trinajstić information content (AvgIpc) is 2.77. The first-order valence-corrected chi connectivity index (χ1v) is 8.69. The molecule has 6 heteroatoms. The zero-order valence-electron chi connectivity index (χ0n) is 13.8. The number of nitrogens with zero attached hydrogens (tertiary/aromatic N) is 3. The Morgan fingerprint density at radius 3 is 2.62 bits per heavy atom. The van der Waals surface area contributed by atoms with E-state index in [-0.39, 0.29) is 6.54 Å². The minimum atomic E-state index is -2.27. The lowest BCUT2D eigenvalue weighted by Crippen LogP contribution is -2.33. The lowest BCUT2D eigenvalue weighted by molar-refractivity contribution is 0.0897. The van der Waals surface area contributed by atoms with Crippen LogP contribution in [-0.4, -0.2) is 53.9 Å². The Morgan fingerprint density at radius 1 is 1.12 bits per heavy atom. The highest BCUT2D eigenvalue weighted by molar-refractivity contribution is 6.32. The number of fused-ring (bicyclic) bond motifs is 1. The topological polar surface area (TPSA) is 19.4 Å². The molecule has 0 bridgehead atoms. The fraction of sp³-hybridized carbons (Fsp3) is 0.500. The minimum absolute atomic E-state index is 0.137. The monoisotopic (exact) mass is 353 g/mol. The van der Waals surface area contributed by atoms with Crippen molar-refractivity contribution in [2.24, 2.45) is 0 Å². The van der Waals surface area contributed by atoms with E-state index in [1.807, 2.05) is 36.1 Å². The summed E-state index contributed by atoms with van der Waals surface area (Å²) in [5.41, 5.74) is 2.87. The second-order valence-corrected chi connectivity index (χ2v) is 6.71. The van der Waals surface area contributed by atoms with E-state index in [9.17, 15) is 8.78 Å². The maximum atomic E-state index is 12.6. The Labute approximate surface area is 146 Å². The van der Waals surface area contributed by atoms with Crippen LogP contribution in [0.1, 0.15) is 17.7 Å². The predicted molar refractivity (Wildman–Crippen MR) is 93.8 cm³/mol. The van der Waals surface area contributed by atoms with E-state index in [1.54, 1.807) is 0 Å². The number of hydrogen-bond acceptors (Lipinski definition) is 3. The van der Waals surface area contributed by atoms with Crippen LogP contribution in [0.4, 0.5) is 8.78 Å². The lowest BCUT2D eigenvalue weighted by atomic mass is 10.1. The second-order valence-electron chi connectivity index (χ2n) is 6.34. The third kappa shape index (κ3) is 4.02. The van der Waals surface area contributed by atoms with Gasteiger partial charge in [0.1, 0.15) is 0 Å². The molecule has 3 rings (SSSR count). The van der Waals surface area contributed by atoms with E-state index in [1.165, 1.54) is 0 Å². The molecule has 1 fully saturated rings. The Balaban J connectivity index is 1.74. The van der Waals surface area contributed by atoms with Crippen LogP contribution in [0.15, 0.2) is 24.3 Å². The van der Waals surface area contributed by atoms with Gasteiger partial charge in [-0.3, -0.25) is 9.80 Å². The molecule has 1 aromatic heterocycles. The zero-order valence-corrected chi connectivity index (χ0v) is 14.6. The van der Waals surface area contributed by atoms with E-state index in [0.29, 0.717) is 18.1 Å². The lowest BCUT2D eigenvalue weighted by Gasteiger charge is -2.22. The van der Waals surface area contributed by atoms with Gasteiger partial charge in [0, 0.05) is 25.0 Å². The summed E-state index contributed by atoms with van der Waals surface area (Å²) in [7, 11) is 0. The number of pyridine rings is 1. The summed E-state index contributed by atoms with van der Waals surface area (Å²) in [6.45, 7) is 5.56. The van der Waals surface area contributed by atoms with Crippen LogP contribution >= 0.6 is 11.6 Å². The molecule has 1 aromatic carbocycles. The van der Waals surface area contributed by atoms with Crippen molar-refractivity contribution in [3.8, 4) is 0 Å². The molecule has 1 aliphatic heterocycles. The highest BCUT2D eigenvalue weighted by Gasteiger charge is 2.19. The first-order chi connectivity index (χ1) is 11.5. The molecule has 0 atom stereocenters. The van der Waals surface area contributed by atoms with Crippen molar-refractivity contribution in [1.82, 2.24) is 14.8 Å². The predicted octanol–water partition coefficient (Wildman–Crippen LogP) is 3.97. The van der Waals surface area contributed by atoms with E-state index in [4.69, 9.17) is 16.6 Å². The molecule has 24 heavy (non-hydrogen) atoms. The molecule has 0 amide bonds. The van der Waals surface area contributed by atoms with Gasteiger partial charge < -0.3 is 0 Å². The van der Waals surface area contributed by atoms with Gasteiger partial charge in [-0.2, -0.15) is 0 Å². The largest absolute Gasteiger partial charge is 0.296 e.